The maximum Gasteiger partial charge on any atom is 0.414 e. The molecule has 0 spiro atoms. The highest BCUT2D eigenvalue weighted by atomic mass is 16.6. The van der Waals surface area contributed by atoms with Crippen LogP contribution in [0.1, 0.15) is 6.92 Å². The minimum atomic E-state index is -0.481. The van der Waals surface area contributed by atoms with Crippen LogP contribution in [0.5, 0.6) is 0 Å². The topological polar surface area (TPSA) is 114 Å². The van der Waals surface area contributed by atoms with Crippen LogP contribution in [0.15, 0.2) is 53.3 Å². The maximum absolute atomic E-state index is 12.2. The zero-order valence-electron chi connectivity index (χ0n) is 17.2. The van der Waals surface area contributed by atoms with Gasteiger partial charge in [0.2, 0.25) is 5.91 Å². The van der Waals surface area contributed by atoms with Crippen molar-refractivity contribution in [2.75, 3.05) is 37.0 Å². The number of benzene rings is 1. The molecule has 2 amide bonds. The summed E-state index contributed by atoms with van der Waals surface area (Å²) >= 11 is 0. The third-order valence-electron chi connectivity index (χ3n) is 4.71. The first-order valence-corrected chi connectivity index (χ1v) is 9.65. The maximum atomic E-state index is 12.2. The van der Waals surface area contributed by atoms with Gasteiger partial charge in [-0.3, -0.25) is 19.3 Å². The van der Waals surface area contributed by atoms with Gasteiger partial charge in [-0.05, 0) is 42.0 Å². The molecule has 1 heterocycles. The highest BCUT2D eigenvalue weighted by Crippen LogP contribution is 2.29. The molecule has 0 aromatic heterocycles. The van der Waals surface area contributed by atoms with Crippen molar-refractivity contribution in [3.05, 3.63) is 58.8 Å². The van der Waals surface area contributed by atoms with Gasteiger partial charge in [0.1, 0.15) is 12.6 Å². The molecule has 9 heteroatoms. The van der Waals surface area contributed by atoms with Gasteiger partial charge in [-0.1, -0.05) is 12.1 Å². The lowest BCUT2D eigenvalue weighted by Gasteiger charge is -2.14. The monoisotopic (exact) mass is 425 g/mol. The molecule has 0 bridgehead atoms. The predicted molar refractivity (Wildman–Crippen MR) is 115 cm³/mol. The Morgan fingerprint density at radius 1 is 1.10 bits per heavy atom. The summed E-state index contributed by atoms with van der Waals surface area (Å²) in [6.45, 7) is 1.93. The third kappa shape index (κ3) is 5.59. The summed E-state index contributed by atoms with van der Waals surface area (Å²) in [4.78, 5) is 48.0. The first kappa shape index (κ1) is 21.8. The molecular formula is C22H23N3O6. The Balaban J connectivity index is 1.81. The molecule has 1 fully saturated rings. The minimum Gasteiger partial charge on any atom is -0.468 e. The number of esters is 1. The number of methoxy groups -OCH3 is 1. The Bertz CT molecular complexity index is 1040. The molecule has 1 saturated heterocycles. The van der Waals surface area contributed by atoms with Crippen molar-refractivity contribution >= 4 is 29.3 Å². The van der Waals surface area contributed by atoms with Crippen LogP contribution in [-0.4, -0.2) is 50.8 Å². The van der Waals surface area contributed by atoms with Crippen molar-refractivity contribution in [1.29, 1.82) is 0 Å². The lowest BCUT2D eigenvalue weighted by Crippen LogP contribution is -2.33. The van der Waals surface area contributed by atoms with Gasteiger partial charge >= 0.3 is 12.1 Å². The zero-order chi connectivity index (χ0) is 22.4. The van der Waals surface area contributed by atoms with Crippen LogP contribution in [-0.2, 0) is 19.1 Å². The number of amides is 2. The molecule has 162 valence electrons. The fraction of sp³-hybridized carbons (Fsp3) is 0.273. The van der Waals surface area contributed by atoms with Crippen LogP contribution < -0.4 is 21.0 Å². The van der Waals surface area contributed by atoms with Gasteiger partial charge in [-0.25, -0.2) is 4.79 Å². The third-order valence-corrected chi connectivity index (χ3v) is 4.71. The fourth-order valence-corrected chi connectivity index (χ4v) is 3.13. The quantitative estimate of drug-likeness (QED) is 0.650. The van der Waals surface area contributed by atoms with E-state index in [0.717, 1.165) is 5.56 Å². The number of anilines is 2. The molecule has 31 heavy (non-hydrogen) atoms. The van der Waals surface area contributed by atoms with Crippen LogP contribution in [0.25, 0.3) is 11.1 Å². The summed E-state index contributed by atoms with van der Waals surface area (Å²) in [6, 6.07) is 13.3. The van der Waals surface area contributed by atoms with E-state index in [1.807, 2.05) is 12.1 Å². The largest absolute Gasteiger partial charge is 0.468 e. The van der Waals surface area contributed by atoms with E-state index in [-0.39, 0.29) is 24.4 Å². The van der Waals surface area contributed by atoms with Crippen molar-refractivity contribution < 1.29 is 23.9 Å². The number of cyclic esters (lactones) is 1. The molecule has 3 rings (SSSR count). The highest BCUT2D eigenvalue weighted by Gasteiger charge is 2.32. The number of carbonyl (C=O) groups excluding carboxylic acids is 3. The van der Waals surface area contributed by atoms with Gasteiger partial charge in [-0.15, -0.1) is 0 Å². The molecule has 2 N–H and O–H groups in total. The van der Waals surface area contributed by atoms with E-state index in [1.54, 1.807) is 24.3 Å². The molecule has 0 radical (unpaired) electrons. The molecule has 1 unspecified atom stereocenters. The Kier molecular flexibility index (Phi) is 6.86. The van der Waals surface area contributed by atoms with Crippen LogP contribution >= 0.6 is 0 Å². The first-order chi connectivity index (χ1) is 14.9. The van der Waals surface area contributed by atoms with Crippen LogP contribution in [0.2, 0.25) is 0 Å². The Labute approximate surface area is 179 Å². The summed E-state index contributed by atoms with van der Waals surface area (Å²) in [6.07, 6.45) is -0.903. The standard InChI is InChI=1S/C22H23N3O6/c1-14(26)23-11-18-13-25(22(29)31-18)16-5-3-15(4-6-16)19-9-7-17(27)8-10-20(19)24-12-21(28)30-2/h3-10,18,24H,11-13H2,1-2H3,(H,23,26). The van der Waals surface area contributed by atoms with E-state index in [2.05, 4.69) is 15.4 Å². The average Bonchev–Trinajstić information content (AvgIpc) is 3.03. The summed E-state index contributed by atoms with van der Waals surface area (Å²) in [5.74, 6) is -0.621. The molecular weight excluding hydrogens is 402 g/mol. The second kappa shape index (κ2) is 9.75. The minimum absolute atomic E-state index is 0.0465. The van der Waals surface area contributed by atoms with Crippen molar-refractivity contribution in [1.82, 2.24) is 5.32 Å². The molecule has 1 atom stereocenters. The van der Waals surface area contributed by atoms with Crippen molar-refractivity contribution in [2.45, 2.75) is 13.0 Å². The molecule has 9 nitrogen and oxygen atoms in total. The van der Waals surface area contributed by atoms with Gasteiger partial charge in [-0.2, -0.15) is 0 Å². The molecule has 2 aromatic rings. The van der Waals surface area contributed by atoms with Crippen LogP contribution in [0.4, 0.5) is 16.2 Å². The number of ether oxygens (including phenoxy) is 2. The van der Waals surface area contributed by atoms with Crippen molar-refractivity contribution in [3.8, 4) is 11.1 Å². The molecule has 1 aliphatic rings. The first-order valence-electron chi connectivity index (χ1n) is 9.65. The summed E-state index contributed by atoms with van der Waals surface area (Å²) in [5.41, 5.74) is 2.57. The van der Waals surface area contributed by atoms with E-state index in [0.29, 0.717) is 23.5 Å². The average molecular weight is 425 g/mol. The highest BCUT2D eigenvalue weighted by molar-refractivity contribution is 5.90. The smallest absolute Gasteiger partial charge is 0.414 e. The summed E-state index contributed by atoms with van der Waals surface area (Å²) < 4.78 is 9.94. The van der Waals surface area contributed by atoms with Gasteiger partial charge in [0.25, 0.3) is 0 Å². The van der Waals surface area contributed by atoms with Gasteiger partial charge < -0.3 is 20.1 Å². The van der Waals surface area contributed by atoms with E-state index < -0.39 is 18.2 Å². The summed E-state index contributed by atoms with van der Waals surface area (Å²) in [7, 11) is 1.30. The molecule has 1 aliphatic heterocycles. The Morgan fingerprint density at radius 3 is 2.48 bits per heavy atom. The van der Waals surface area contributed by atoms with E-state index in [4.69, 9.17) is 4.74 Å². The lowest BCUT2D eigenvalue weighted by atomic mass is 10.0. The second-order valence-corrected chi connectivity index (χ2v) is 6.93. The summed E-state index contributed by atoms with van der Waals surface area (Å²) in [5, 5.41) is 5.62. The number of hydrogen-bond acceptors (Lipinski definition) is 7. The van der Waals surface area contributed by atoms with Gasteiger partial charge in [0.05, 0.1) is 20.2 Å². The van der Waals surface area contributed by atoms with E-state index in [9.17, 15) is 19.2 Å². The zero-order valence-corrected chi connectivity index (χ0v) is 17.2. The normalized spacial score (nSPS) is 15.2. The number of nitrogens with one attached hydrogen (secondary N) is 2. The van der Waals surface area contributed by atoms with Crippen LogP contribution in [0, 0.1) is 0 Å². The molecule has 0 aliphatic carbocycles. The van der Waals surface area contributed by atoms with Crippen molar-refractivity contribution in [3.63, 3.8) is 0 Å². The van der Waals surface area contributed by atoms with E-state index >= 15 is 0 Å². The number of rotatable bonds is 7. The van der Waals surface area contributed by atoms with Crippen LogP contribution in [0.3, 0.4) is 0 Å². The number of carbonyl (C=O) groups is 3. The predicted octanol–water partition coefficient (Wildman–Crippen LogP) is 1.76. The second-order valence-electron chi connectivity index (χ2n) is 6.93. The Hall–Kier alpha value is -3.88. The van der Waals surface area contributed by atoms with Crippen molar-refractivity contribution in [2.24, 2.45) is 0 Å². The fourth-order valence-electron chi connectivity index (χ4n) is 3.13. The Morgan fingerprint density at radius 2 is 1.81 bits per heavy atom. The SMILES string of the molecule is COC(=O)CNc1ccc(=O)ccc1-c1ccc(N2CC(CNC(C)=O)OC2=O)cc1. The van der Waals surface area contributed by atoms with E-state index in [1.165, 1.54) is 31.1 Å². The van der Waals surface area contributed by atoms with Gasteiger partial charge in [0.15, 0.2) is 5.43 Å². The number of nitrogens with zero attached hydrogens (tertiary/aromatic N) is 1. The lowest BCUT2D eigenvalue weighted by molar-refractivity contribution is -0.138. The molecule has 0 saturated carbocycles. The molecule has 2 aromatic carbocycles. The number of hydrogen-bond donors (Lipinski definition) is 2. The van der Waals surface area contributed by atoms with Gasteiger partial charge in [0, 0.05) is 23.9 Å².